The number of aryl methyl sites for hydroxylation is 1. The summed E-state index contributed by atoms with van der Waals surface area (Å²) in [6.45, 7) is 1.81. The number of hydrogen-bond donors (Lipinski definition) is 2. The molecule has 1 rings (SSSR count). The number of hydrogen-bond acceptors (Lipinski definition) is 2. The second-order valence-corrected chi connectivity index (χ2v) is 3.17. The molecule has 0 unspecified atom stereocenters. The molecule has 1 aromatic carbocycles. The van der Waals surface area contributed by atoms with Crippen LogP contribution in [0.25, 0.3) is 0 Å². The zero-order valence-electron chi connectivity index (χ0n) is 7.53. The molecule has 0 bridgehead atoms. The SMILES string of the molecule is Cc1cccc([C@H](N)C(=O)O)c1Cl.Cl. The third kappa shape index (κ3) is 2.61. The van der Waals surface area contributed by atoms with Crippen molar-refractivity contribution in [1.29, 1.82) is 0 Å². The Morgan fingerprint density at radius 2 is 2.14 bits per heavy atom. The highest BCUT2D eigenvalue weighted by Crippen LogP contribution is 2.24. The quantitative estimate of drug-likeness (QED) is 0.826. The first-order valence-corrected chi connectivity index (χ1v) is 4.15. The lowest BCUT2D eigenvalue weighted by Crippen LogP contribution is -2.21. The third-order valence-corrected chi connectivity index (χ3v) is 2.34. The molecule has 3 nitrogen and oxygen atoms in total. The van der Waals surface area contributed by atoms with Gasteiger partial charge < -0.3 is 10.8 Å². The smallest absolute Gasteiger partial charge is 0.325 e. The number of carboxylic acid groups (broad SMARTS) is 1. The summed E-state index contributed by atoms with van der Waals surface area (Å²) in [4.78, 5) is 10.6. The van der Waals surface area contributed by atoms with Gasteiger partial charge in [-0.25, -0.2) is 0 Å². The molecule has 0 aliphatic carbocycles. The van der Waals surface area contributed by atoms with Gasteiger partial charge in [0.25, 0.3) is 0 Å². The molecular weight excluding hydrogens is 225 g/mol. The molecule has 0 amide bonds. The van der Waals surface area contributed by atoms with E-state index in [4.69, 9.17) is 22.4 Å². The van der Waals surface area contributed by atoms with Crippen molar-refractivity contribution >= 4 is 30.0 Å². The number of rotatable bonds is 2. The van der Waals surface area contributed by atoms with Gasteiger partial charge in [0.1, 0.15) is 6.04 Å². The monoisotopic (exact) mass is 235 g/mol. The van der Waals surface area contributed by atoms with Gasteiger partial charge in [-0.2, -0.15) is 0 Å². The maximum atomic E-state index is 10.6. The summed E-state index contributed by atoms with van der Waals surface area (Å²) < 4.78 is 0. The van der Waals surface area contributed by atoms with Crippen molar-refractivity contribution in [2.45, 2.75) is 13.0 Å². The molecule has 0 aromatic heterocycles. The predicted molar refractivity (Wildman–Crippen MR) is 58.0 cm³/mol. The first-order chi connectivity index (χ1) is 6.04. The van der Waals surface area contributed by atoms with Gasteiger partial charge in [0.15, 0.2) is 0 Å². The van der Waals surface area contributed by atoms with E-state index in [0.717, 1.165) is 5.56 Å². The Hall–Kier alpha value is -0.770. The van der Waals surface area contributed by atoms with E-state index < -0.39 is 12.0 Å². The number of carboxylic acids is 1. The van der Waals surface area contributed by atoms with Crippen LogP contribution in [0.1, 0.15) is 17.2 Å². The molecule has 0 saturated heterocycles. The maximum Gasteiger partial charge on any atom is 0.325 e. The summed E-state index contributed by atoms with van der Waals surface area (Å²) in [7, 11) is 0. The van der Waals surface area contributed by atoms with E-state index in [2.05, 4.69) is 0 Å². The molecule has 14 heavy (non-hydrogen) atoms. The Bertz CT molecular complexity index is 342. The van der Waals surface area contributed by atoms with Gasteiger partial charge in [-0.05, 0) is 18.1 Å². The van der Waals surface area contributed by atoms with Crippen LogP contribution < -0.4 is 5.73 Å². The number of carbonyl (C=O) groups is 1. The normalized spacial score (nSPS) is 11.6. The highest BCUT2D eigenvalue weighted by atomic mass is 35.5. The lowest BCUT2D eigenvalue weighted by Gasteiger charge is -2.10. The fourth-order valence-corrected chi connectivity index (χ4v) is 1.29. The first kappa shape index (κ1) is 13.2. The summed E-state index contributed by atoms with van der Waals surface area (Å²) >= 11 is 5.89. The van der Waals surface area contributed by atoms with Crippen molar-refractivity contribution in [3.63, 3.8) is 0 Å². The van der Waals surface area contributed by atoms with Crippen LogP contribution in [0, 0.1) is 6.92 Å². The molecular formula is C9H11Cl2NO2. The highest BCUT2D eigenvalue weighted by molar-refractivity contribution is 6.32. The van der Waals surface area contributed by atoms with Crippen LogP contribution in [0.5, 0.6) is 0 Å². The van der Waals surface area contributed by atoms with Crippen LogP contribution in [-0.2, 0) is 4.79 Å². The molecule has 0 fully saturated rings. The average molecular weight is 236 g/mol. The summed E-state index contributed by atoms with van der Waals surface area (Å²) in [6, 6.07) is 4.11. The van der Waals surface area contributed by atoms with Crippen LogP contribution in [0.4, 0.5) is 0 Å². The number of aliphatic carboxylic acids is 1. The summed E-state index contributed by atoms with van der Waals surface area (Å²) in [5.74, 6) is -1.08. The van der Waals surface area contributed by atoms with E-state index in [1.807, 2.05) is 0 Å². The average Bonchev–Trinajstić information content (AvgIpc) is 2.08. The van der Waals surface area contributed by atoms with E-state index in [9.17, 15) is 4.79 Å². The van der Waals surface area contributed by atoms with Crippen LogP contribution in [0.3, 0.4) is 0 Å². The van der Waals surface area contributed by atoms with Gasteiger partial charge in [-0.1, -0.05) is 29.8 Å². The van der Waals surface area contributed by atoms with Gasteiger partial charge in [0, 0.05) is 5.02 Å². The van der Waals surface area contributed by atoms with E-state index in [1.54, 1.807) is 25.1 Å². The molecule has 0 spiro atoms. The van der Waals surface area contributed by atoms with Crippen molar-refractivity contribution in [1.82, 2.24) is 0 Å². The van der Waals surface area contributed by atoms with E-state index in [-0.39, 0.29) is 12.4 Å². The molecule has 0 saturated carbocycles. The molecule has 0 radical (unpaired) electrons. The van der Waals surface area contributed by atoms with Gasteiger partial charge in [0.2, 0.25) is 0 Å². The second kappa shape index (κ2) is 5.20. The van der Waals surface area contributed by atoms with Crippen LogP contribution in [-0.4, -0.2) is 11.1 Å². The van der Waals surface area contributed by atoms with Gasteiger partial charge in [0.05, 0.1) is 0 Å². The van der Waals surface area contributed by atoms with Gasteiger partial charge in [-0.3, -0.25) is 4.79 Å². The minimum Gasteiger partial charge on any atom is -0.480 e. The summed E-state index contributed by atoms with van der Waals surface area (Å²) in [5, 5.41) is 9.10. The van der Waals surface area contributed by atoms with E-state index >= 15 is 0 Å². The maximum absolute atomic E-state index is 10.6. The topological polar surface area (TPSA) is 63.3 Å². The summed E-state index contributed by atoms with van der Waals surface area (Å²) in [6.07, 6.45) is 0. The minimum absolute atomic E-state index is 0. The molecule has 1 atom stereocenters. The molecule has 78 valence electrons. The zero-order valence-corrected chi connectivity index (χ0v) is 9.10. The lowest BCUT2D eigenvalue weighted by atomic mass is 10.1. The van der Waals surface area contributed by atoms with Crippen molar-refractivity contribution in [2.24, 2.45) is 5.73 Å². The Morgan fingerprint density at radius 1 is 1.57 bits per heavy atom. The fourth-order valence-electron chi connectivity index (χ4n) is 1.04. The number of nitrogens with two attached hydrogens (primary N) is 1. The van der Waals surface area contributed by atoms with Gasteiger partial charge >= 0.3 is 5.97 Å². The Morgan fingerprint density at radius 3 is 2.64 bits per heavy atom. The highest BCUT2D eigenvalue weighted by Gasteiger charge is 2.17. The minimum atomic E-state index is -1.08. The summed E-state index contributed by atoms with van der Waals surface area (Å²) in [5.41, 5.74) is 6.71. The number of benzene rings is 1. The molecule has 3 N–H and O–H groups in total. The van der Waals surface area contributed by atoms with Crippen LogP contribution >= 0.6 is 24.0 Å². The molecule has 0 aliphatic heterocycles. The van der Waals surface area contributed by atoms with Crippen molar-refractivity contribution in [3.8, 4) is 0 Å². The Labute approximate surface area is 93.3 Å². The van der Waals surface area contributed by atoms with Crippen molar-refractivity contribution < 1.29 is 9.90 Å². The zero-order chi connectivity index (χ0) is 10.0. The van der Waals surface area contributed by atoms with Crippen molar-refractivity contribution in [3.05, 3.63) is 34.3 Å². The van der Waals surface area contributed by atoms with Crippen molar-refractivity contribution in [2.75, 3.05) is 0 Å². The molecule has 0 heterocycles. The molecule has 0 aliphatic rings. The number of halogens is 2. The fraction of sp³-hybridized carbons (Fsp3) is 0.222. The Kier molecular flexibility index (Phi) is 4.91. The van der Waals surface area contributed by atoms with Crippen LogP contribution in [0.15, 0.2) is 18.2 Å². The van der Waals surface area contributed by atoms with Crippen LogP contribution in [0.2, 0.25) is 5.02 Å². The third-order valence-electron chi connectivity index (χ3n) is 1.82. The largest absolute Gasteiger partial charge is 0.480 e. The van der Waals surface area contributed by atoms with E-state index in [1.165, 1.54) is 0 Å². The lowest BCUT2D eigenvalue weighted by molar-refractivity contribution is -0.138. The predicted octanol–water partition coefficient (Wildman–Crippen LogP) is 2.15. The first-order valence-electron chi connectivity index (χ1n) is 3.77. The second-order valence-electron chi connectivity index (χ2n) is 2.79. The molecule has 5 heteroatoms. The van der Waals surface area contributed by atoms with E-state index in [0.29, 0.717) is 10.6 Å². The Balaban J connectivity index is 0.00000169. The molecule has 1 aromatic rings. The standard InChI is InChI=1S/C9H10ClNO2.ClH/c1-5-3-2-4-6(7(5)10)8(11)9(12)13;/h2-4,8H,11H2,1H3,(H,12,13);1H/t8-;/m0./s1. The van der Waals surface area contributed by atoms with Gasteiger partial charge in [-0.15, -0.1) is 12.4 Å².